The van der Waals surface area contributed by atoms with Crippen LogP contribution >= 0.6 is 0 Å². The van der Waals surface area contributed by atoms with Crippen molar-refractivity contribution in [2.24, 2.45) is 5.10 Å². The maximum Gasteiger partial charge on any atom is 0.273 e. The van der Waals surface area contributed by atoms with Crippen LogP contribution in [0.1, 0.15) is 17.2 Å². The Hall–Kier alpha value is -2.86. The number of rotatable bonds is 6. The van der Waals surface area contributed by atoms with E-state index in [1.54, 1.807) is 48.5 Å². The molecule has 0 heterocycles. The highest BCUT2D eigenvalue weighted by molar-refractivity contribution is 5.87. The second kappa shape index (κ2) is 7.95. The lowest BCUT2D eigenvalue weighted by Crippen LogP contribution is -2.25. The van der Waals surface area contributed by atoms with Crippen LogP contribution in [0.25, 0.3) is 0 Å². The summed E-state index contributed by atoms with van der Waals surface area (Å²) in [6, 6.07) is 13.9. The van der Waals surface area contributed by atoms with E-state index in [-0.39, 0.29) is 0 Å². The van der Waals surface area contributed by atoms with Crippen LogP contribution in [0, 0.1) is 0 Å². The Kier molecular flexibility index (Phi) is 5.71. The smallest absolute Gasteiger partial charge is 0.273 e. The second-order valence-corrected chi connectivity index (χ2v) is 4.63. The van der Waals surface area contributed by atoms with Crippen molar-refractivity contribution >= 4 is 12.1 Å². The summed E-state index contributed by atoms with van der Waals surface area (Å²) in [5, 5.41) is 13.8. The monoisotopic (exact) mass is 314 g/mol. The molecule has 0 aliphatic rings. The SMILES string of the molecule is COc1cccc(C=NNC(=O)C(O)c2ccccc2)c1OC. The first-order valence-corrected chi connectivity index (χ1v) is 6.94. The van der Waals surface area contributed by atoms with Crippen LogP contribution in [0.5, 0.6) is 11.5 Å². The van der Waals surface area contributed by atoms with E-state index in [9.17, 15) is 9.90 Å². The number of nitrogens with zero attached hydrogens (tertiary/aromatic N) is 1. The number of nitrogens with one attached hydrogen (secondary N) is 1. The van der Waals surface area contributed by atoms with Gasteiger partial charge in [-0.15, -0.1) is 0 Å². The summed E-state index contributed by atoms with van der Waals surface area (Å²) in [7, 11) is 3.06. The lowest BCUT2D eigenvalue weighted by molar-refractivity contribution is -0.129. The number of aliphatic hydroxyl groups is 1. The zero-order chi connectivity index (χ0) is 16.7. The van der Waals surface area contributed by atoms with Gasteiger partial charge in [-0.25, -0.2) is 5.43 Å². The molecule has 0 aliphatic carbocycles. The number of hydrogen-bond acceptors (Lipinski definition) is 5. The van der Waals surface area contributed by atoms with E-state index in [1.165, 1.54) is 20.4 Å². The molecule has 0 saturated heterocycles. The summed E-state index contributed by atoms with van der Waals surface area (Å²) in [6.45, 7) is 0. The molecule has 1 unspecified atom stereocenters. The number of methoxy groups -OCH3 is 2. The zero-order valence-corrected chi connectivity index (χ0v) is 12.9. The van der Waals surface area contributed by atoms with Crippen LogP contribution in [0.15, 0.2) is 53.6 Å². The lowest BCUT2D eigenvalue weighted by Gasteiger charge is -2.10. The Balaban J connectivity index is 2.06. The van der Waals surface area contributed by atoms with Crippen molar-refractivity contribution in [1.82, 2.24) is 5.43 Å². The number of para-hydroxylation sites is 1. The molecule has 0 fully saturated rings. The van der Waals surface area contributed by atoms with Gasteiger partial charge in [0.25, 0.3) is 5.91 Å². The van der Waals surface area contributed by atoms with E-state index in [2.05, 4.69) is 10.5 Å². The molecule has 2 N–H and O–H groups in total. The molecule has 23 heavy (non-hydrogen) atoms. The van der Waals surface area contributed by atoms with E-state index < -0.39 is 12.0 Å². The van der Waals surface area contributed by atoms with Gasteiger partial charge < -0.3 is 14.6 Å². The van der Waals surface area contributed by atoms with Crippen molar-refractivity contribution < 1.29 is 19.4 Å². The molecule has 0 spiro atoms. The van der Waals surface area contributed by atoms with Crippen LogP contribution in [0.3, 0.4) is 0 Å². The average Bonchev–Trinajstić information content (AvgIpc) is 2.61. The predicted octanol–water partition coefficient (Wildman–Crippen LogP) is 1.89. The molecular formula is C17H18N2O4. The quantitative estimate of drug-likeness (QED) is 0.630. The molecule has 0 radical (unpaired) electrons. The third-order valence-electron chi connectivity index (χ3n) is 3.18. The first kappa shape index (κ1) is 16.5. The molecule has 6 heteroatoms. The minimum absolute atomic E-state index is 0.499. The highest BCUT2D eigenvalue weighted by Crippen LogP contribution is 2.29. The minimum Gasteiger partial charge on any atom is -0.493 e. The third kappa shape index (κ3) is 4.08. The van der Waals surface area contributed by atoms with Crippen molar-refractivity contribution in [3.8, 4) is 11.5 Å². The molecule has 2 aromatic carbocycles. The molecule has 6 nitrogen and oxygen atoms in total. The summed E-state index contributed by atoms with van der Waals surface area (Å²) in [5.74, 6) is 0.456. The van der Waals surface area contributed by atoms with Crippen LogP contribution in [-0.2, 0) is 4.79 Å². The summed E-state index contributed by atoms with van der Waals surface area (Å²) in [4.78, 5) is 11.9. The van der Waals surface area contributed by atoms with Crippen LogP contribution in [-0.4, -0.2) is 31.4 Å². The van der Waals surface area contributed by atoms with Crippen molar-refractivity contribution in [2.75, 3.05) is 14.2 Å². The summed E-state index contributed by atoms with van der Waals surface area (Å²) >= 11 is 0. The second-order valence-electron chi connectivity index (χ2n) is 4.63. The fourth-order valence-electron chi connectivity index (χ4n) is 2.03. The highest BCUT2D eigenvalue weighted by Gasteiger charge is 2.16. The van der Waals surface area contributed by atoms with Crippen LogP contribution < -0.4 is 14.9 Å². The molecule has 0 saturated carbocycles. The van der Waals surface area contributed by atoms with Gasteiger partial charge in [0.2, 0.25) is 0 Å². The van der Waals surface area contributed by atoms with Gasteiger partial charge in [-0.2, -0.15) is 5.10 Å². The number of hydrogen-bond donors (Lipinski definition) is 2. The van der Waals surface area contributed by atoms with Crippen molar-refractivity contribution in [3.63, 3.8) is 0 Å². The summed E-state index contributed by atoms with van der Waals surface area (Å²) in [6.07, 6.45) is 0.150. The fourth-order valence-corrected chi connectivity index (χ4v) is 2.03. The Morgan fingerprint density at radius 2 is 1.87 bits per heavy atom. The first-order valence-electron chi connectivity index (χ1n) is 6.94. The molecular weight excluding hydrogens is 296 g/mol. The zero-order valence-electron chi connectivity index (χ0n) is 12.9. The van der Waals surface area contributed by atoms with Gasteiger partial charge in [-0.05, 0) is 17.7 Å². The predicted molar refractivity (Wildman–Crippen MR) is 86.7 cm³/mol. The molecule has 2 aromatic rings. The largest absolute Gasteiger partial charge is 0.493 e. The van der Waals surface area contributed by atoms with Gasteiger partial charge in [-0.1, -0.05) is 36.4 Å². The topological polar surface area (TPSA) is 80.2 Å². The highest BCUT2D eigenvalue weighted by atomic mass is 16.5. The van der Waals surface area contributed by atoms with Gasteiger partial charge >= 0.3 is 0 Å². The van der Waals surface area contributed by atoms with Gasteiger partial charge in [-0.3, -0.25) is 4.79 Å². The van der Waals surface area contributed by atoms with Gasteiger partial charge in [0.1, 0.15) is 0 Å². The van der Waals surface area contributed by atoms with Gasteiger partial charge in [0.05, 0.1) is 20.4 Å². The number of carbonyl (C=O) groups is 1. The number of hydrazone groups is 1. The fraction of sp³-hybridized carbons (Fsp3) is 0.176. The first-order chi connectivity index (χ1) is 11.2. The number of ether oxygens (including phenoxy) is 2. The summed E-state index contributed by atoms with van der Waals surface area (Å²) < 4.78 is 10.4. The van der Waals surface area contributed by atoms with Crippen LogP contribution in [0.4, 0.5) is 0 Å². The molecule has 1 atom stereocenters. The molecule has 120 valence electrons. The normalized spacial score (nSPS) is 12.0. The van der Waals surface area contributed by atoms with Gasteiger partial charge in [0, 0.05) is 5.56 Å². The number of benzene rings is 2. The summed E-state index contributed by atoms with van der Waals surface area (Å²) in [5.41, 5.74) is 3.44. The van der Waals surface area contributed by atoms with E-state index in [1.807, 2.05) is 0 Å². The Labute approximate surface area is 134 Å². The maximum absolute atomic E-state index is 11.9. The number of amides is 1. The minimum atomic E-state index is -1.28. The van der Waals surface area contributed by atoms with E-state index in [0.29, 0.717) is 22.6 Å². The molecule has 0 bridgehead atoms. The number of carbonyl (C=O) groups excluding carboxylic acids is 1. The van der Waals surface area contributed by atoms with Crippen LogP contribution in [0.2, 0.25) is 0 Å². The molecule has 0 aromatic heterocycles. The van der Waals surface area contributed by atoms with Crippen molar-refractivity contribution in [2.45, 2.75) is 6.10 Å². The Morgan fingerprint density at radius 3 is 2.52 bits per heavy atom. The molecule has 2 rings (SSSR count). The van der Waals surface area contributed by atoms with Gasteiger partial charge in [0.15, 0.2) is 17.6 Å². The van der Waals surface area contributed by atoms with E-state index >= 15 is 0 Å². The molecule has 0 aliphatic heterocycles. The Bertz CT molecular complexity index is 686. The van der Waals surface area contributed by atoms with E-state index in [0.717, 1.165) is 0 Å². The van der Waals surface area contributed by atoms with Crippen molar-refractivity contribution in [3.05, 3.63) is 59.7 Å². The average molecular weight is 314 g/mol. The maximum atomic E-state index is 11.9. The standard InChI is InChI=1S/C17H18N2O4/c1-22-14-10-6-9-13(16(14)23-2)11-18-19-17(21)15(20)12-7-4-3-5-8-12/h3-11,15,20H,1-2H3,(H,19,21). The number of aliphatic hydroxyl groups excluding tert-OH is 1. The van der Waals surface area contributed by atoms with Crippen molar-refractivity contribution in [1.29, 1.82) is 0 Å². The van der Waals surface area contributed by atoms with E-state index in [4.69, 9.17) is 9.47 Å². The third-order valence-corrected chi connectivity index (χ3v) is 3.18. The molecule has 1 amide bonds. The lowest BCUT2D eigenvalue weighted by atomic mass is 10.1. The Morgan fingerprint density at radius 1 is 1.13 bits per heavy atom.